The summed E-state index contributed by atoms with van der Waals surface area (Å²) in [5, 5.41) is 5.92. The SMILES string of the molecule is Cc1onc(C(=O)N2CCN(Cc3ccc(Cl)cc3Cl)CC2)c1COc1ccc(Cl)cc1. The number of nitrogens with zero attached hydrogens (tertiary/aromatic N) is 3. The summed E-state index contributed by atoms with van der Waals surface area (Å²) >= 11 is 18.2. The van der Waals surface area contributed by atoms with Crippen LogP contribution in [0.2, 0.25) is 15.1 Å². The van der Waals surface area contributed by atoms with E-state index in [0.29, 0.717) is 57.5 Å². The van der Waals surface area contributed by atoms with E-state index in [9.17, 15) is 4.79 Å². The minimum absolute atomic E-state index is 0.152. The molecule has 0 atom stereocenters. The Hall–Kier alpha value is -2.25. The van der Waals surface area contributed by atoms with E-state index in [1.54, 1.807) is 42.2 Å². The normalized spacial score (nSPS) is 14.6. The van der Waals surface area contributed by atoms with Crippen LogP contribution in [0.1, 0.15) is 27.4 Å². The number of piperazine rings is 1. The maximum absolute atomic E-state index is 13.1. The van der Waals surface area contributed by atoms with Gasteiger partial charge < -0.3 is 14.2 Å². The minimum atomic E-state index is -0.152. The lowest BCUT2D eigenvalue weighted by molar-refractivity contribution is 0.0616. The molecule has 168 valence electrons. The first kappa shape index (κ1) is 22.9. The summed E-state index contributed by atoms with van der Waals surface area (Å²) in [4.78, 5) is 17.2. The highest BCUT2D eigenvalue weighted by Crippen LogP contribution is 2.24. The molecule has 1 aliphatic rings. The summed E-state index contributed by atoms with van der Waals surface area (Å²) < 4.78 is 11.1. The van der Waals surface area contributed by atoms with Crippen molar-refractivity contribution in [3.8, 4) is 5.75 Å². The maximum Gasteiger partial charge on any atom is 0.276 e. The third kappa shape index (κ3) is 5.38. The summed E-state index contributed by atoms with van der Waals surface area (Å²) in [7, 11) is 0. The van der Waals surface area contributed by atoms with Gasteiger partial charge in [0.05, 0.1) is 5.56 Å². The summed E-state index contributed by atoms with van der Waals surface area (Å²) in [6, 6.07) is 12.6. The Kier molecular flexibility index (Phi) is 7.26. The topological polar surface area (TPSA) is 58.8 Å². The fourth-order valence-corrected chi connectivity index (χ4v) is 4.16. The van der Waals surface area contributed by atoms with E-state index in [1.807, 2.05) is 12.1 Å². The van der Waals surface area contributed by atoms with Gasteiger partial charge in [0.15, 0.2) is 5.69 Å². The number of hydrogen-bond donors (Lipinski definition) is 0. The third-order valence-corrected chi connectivity index (χ3v) is 6.29. The number of carbonyl (C=O) groups excluding carboxylic acids is 1. The molecule has 1 fully saturated rings. The Bertz CT molecular complexity index is 1090. The van der Waals surface area contributed by atoms with Crippen molar-refractivity contribution in [3.05, 3.63) is 80.1 Å². The van der Waals surface area contributed by atoms with Crippen LogP contribution < -0.4 is 4.74 Å². The molecule has 3 aromatic rings. The van der Waals surface area contributed by atoms with Gasteiger partial charge >= 0.3 is 0 Å². The van der Waals surface area contributed by atoms with E-state index < -0.39 is 0 Å². The van der Waals surface area contributed by atoms with Crippen molar-refractivity contribution in [1.29, 1.82) is 0 Å². The number of aromatic nitrogens is 1. The molecule has 0 spiro atoms. The molecule has 1 amide bonds. The van der Waals surface area contributed by atoms with Gasteiger partial charge in [-0.25, -0.2) is 0 Å². The molecule has 0 bridgehead atoms. The van der Waals surface area contributed by atoms with E-state index in [4.69, 9.17) is 44.1 Å². The third-order valence-electron chi connectivity index (χ3n) is 5.45. The summed E-state index contributed by atoms with van der Waals surface area (Å²) in [6.45, 7) is 5.32. The van der Waals surface area contributed by atoms with Crippen molar-refractivity contribution in [3.63, 3.8) is 0 Å². The van der Waals surface area contributed by atoms with Crippen LogP contribution in [0, 0.1) is 6.92 Å². The quantitative estimate of drug-likeness (QED) is 0.454. The highest BCUT2D eigenvalue weighted by Gasteiger charge is 2.28. The van der Waals surface area contributed by atoms with Crippen LogP contribution in [-0.2, 0) is 13.2 Å². The average molecular weight is 495 g/mol. The van der Waals surface area contributed by atoms with Gasteiger partial charge in [0, 0.05) is 47.8 Å². The van der Waals surface area contributed by atoms with Crippen molar-refractivity contribution in [2.75, 3.05) is 26.2 Å². The van der Waals surface area contributed by atoms with E-state index in [-0.39, 0.29) is 12.5 Å². The predicted octanol–water partition coefficient (Wildman–Crippen LogP) is 5.48. The monoisotopic (exact) mass is 493 g/mol. The molecule has 32 heavy (non-hydrogen) atoms. The van der Waals surface area contributed by atoms with Gasteiger partial charge in [-0.05, 0) is 48.9 Å². The number of carbonyl (C=O) groups is 1. The van der Waals surface area contributed by atoms with E-state index in [0.717, 1.165) is 18.7 Å². The number of ether oxygens (including phenoxy) is 1. The zero-order valence-corrected chi connectivity index (χ0v) is 19.8. The molecule has 1 aromatic heterocycles. The van der Waals surface area contributed by atoms with Crippen LogP contribution in [0.3, 0.4) is 0 Å². The van der Waals surface area contributed by atoms with Crippen LogP contribution in [0.5, 0.6) is 5.75 Å². The summed E-state index contributed by atoms with van der Waals surface area (Å²) in [5.41, 5.74) is 1.97. The molecule has 2 heterocycles. The van der Waals surface area contributed by atoms with Crippen molar-refractivity contribution in [2.45, 2.75) is 20.1 Å². The van der Waals surface area contributed by atoms with Crippen LogP contribution in [0.15, 0.2) is 47.0 Å². The van der Waals surface area contributed by atoms with Gasteiger partial charge in [0.1, 0.15) is 18.1 Å². The van der Waals surface area contributed by atoms with Gasteiger partial charge in [-0.1, -0.05) is 46.0 Å². The van der Waals surface area contributed by atoms with Crippen molar-refractivity contribution in [1.82, 2.24) is 15.0 Å². The predicted molar refractivity (Wildman–Crippen MR) is 125 cm³/mol. The van der Waals surface area contributed by atoms with Crippen LogP contribution in [0.25, 0.3) is 0 Å². The van der Waals surface area contributed by atoms with Gasteiger partial charge in [0.2, 0.25) is 0 Å². The molecule has 0 unspecified atom stereocenters. The van der Waals surface area contributed by atoms with Crippen molar-refractivity contribution >= 4 is 40.7 Å². The highest BCUT2D eigenvalue weighted by molar-refractivity contribution is 6.35. The number of hydrogen-bond acceptors (Lipinski definition) is 5. The molecule has 2 aromatic carbocycles. The first-order valence-corrected chi connectivity index (χ1v) is 11.3. The first-order chi connectivity index (χ1) is 15.4. The number of rotatable bonds is 6. The Morgan fingerprint density at radius 3 is 2.41 bits per heavy atom. The fourth-order valence-electron chi connectivity index (χ4n) is 3.57. The van der Waals surface area contributed by atoms with Crippen LogP contribution in [-0.4, -0.2) is 47.0 Å². The Morgan fingerprint density at radius 1 is 1.03 bits per heavy atom. The molecule has 6 nitrogen and oxygen atoms in total. The lowest BCUT2D eigenvalue weighted by atomic mass is 10.1. The summed E-state index contributed by atoms with van der Waals surface area (Å²) in [5.74, 6) is 1.07. The molecule has 1 saturated heterocycles. The van der Waals surface area contributed by atoms with Crippen LogP contribution in [0.4, 0.5) is 0 Å². The van der Waals surface area contributed by atoms with Gasteiger partial charge in [0.25, 0.3) is 5.91 Å². The summed E-state index contributed by atoms with van der Waals surface area (Å²) in [6.07, 6.45) is 0. The molecule has 0 radical (unpaired) electrons. The number of aryl methyl sites for hydroxylation is 1. The van der Waals surface area contributed by atoms with Gasteiger partial charge in [-0.3, -0.25) is 9.69 Å². The molecule has 0 N–H and O–H groups in total. The Morgan fingerprint density at radius 2 is 1.72 bits per heavy atom. The van der Waals surface area contributed by atoms with E-state index >= 15 is 0 Å². The molecule has 0 saturated carbocycles. The highest BCUT2D eigenvalue weighted by atomic mass is 35.5. The lowest BCUT2D eigenvalue weighted by Crippen LogP contribution is -2.48. The molecule has 1 aliphatic heterocycles. The molecule has 4 rings (SSSR count). The second-order valence-corrected chi connectivity index (χ2v) is 8.89. The Labute approximate surface area is 201 Å². The number of halogens is 3. The van der Waals surface area contributed by atoms with Crippen LogP contribution >= 0.6 is 34.8 Å². The Balaban J connectivity index is 1.36. The maximum atomic E-state index is 13.1. The molecular formula is C23H22Cl3N3O3. The van der Waals surface area contributed by atoms with Gasteiger partial charge in [-0.15, -0.1) is 0 Å². The molecule has 0 aliphatic carbocycles. The standard InChI is InChI=1S/C23H22Cl3N3O3/c1-15-20(14-31-19-6-4-17(24)5-7-19)22(27-32-15)23(30)29-10-8-28(9-11-29)13-16-2-3-18(25)12-21(16)26/h2-7,12H,8-11,13-14H2,1H3. The largest absolute Gasteiger partial charge is 0.489 e. The van der Waals surface area contributed by atoms with Crippen molar-refractivity contribution < 1.29 is 14.1 Å². The number of benzene rings is 2. The first-order valence-electron chi connectivity index (χ1n) is 10.2. The molecular weight excluding hydrogens is 473 g/mol. The molecule has 9 heteroatoms. The average Bonchev–Trinajstić information content (AvgIpc) is 3.15. The zero-order chi connectivity index (χ0) is 22.7. The second-order valence-electron chi connectivity index (χ2n) is 7.61. The lowest BCUT2D eigenvalue weighted by Gasteiger charge is -2.34. The van der Waals surface area contributed by atoms with Gasteiger partial charge in [-0.2, -0.15) is 0 Å². The van der Waals surface area contributed by atoms with E-state index in [1.165, 1.54) is 0 Å². The van der Waals surface area contributed by atoms with E-state index in [2.05, 4.69) is 10.1 Å². The number of amides is 1. The smallest absolute Gasteiger partial charge is 0.276 e. The second kappa shape index (κ2) is 10.1. The van der Waals surface area contributed by atoms with Crippen molar-refractivity contribution in [2.24, 2.45) is 0 Å². The minimum Gasteiger partial charge on any atom is -0.489 e. The fraction of sp³-hybridized carbons (Fsp3) is 0.304. The zero-order valence-electron chi connectivity index (χ0n) is 17.5.